The molecule has 2 aliphatic heterocycles. The van der Waals surface area contributed by atoms with Gasteiger partial charge in [0.1, 0.15) is 30.9 Å². The van der Waals surface area contributed by atoms with E-state index in [0.29, 0.717) is 26.4 Å². The SMILES string of the molecule is C[C@@H]1CC[C@H]2[C@H](OCc3ccccc3)[C@H](OCc3ccccc3)[C@H](COCc3ccccc3)[N@@+]12[O-]. The number of fused-ring (bicyclic) bond motifs is 1. The first-order valence-corrected chi connectivity index (χ1v) is 12.7. The van der Waals surface area contributed by atoms with E-state index in [9.17, 15) is 5.21 Å². The number of rotatable bonds is 10. The summed E-state index contributed by atoms with van der Waals surface area (Å²) < 4.78 is 18.9. The van der Waals surface area contributed by atoms with Crippen LogP contribution in [0.15, 0.2) is 91.0 Å². The Labute approximate surface area is 208 Å². The second kappa shape index (κ2) is 11.0. The Morgan fingerprint density at radius 2 is 1.17 bits per heavy atom. The molecule has 2 fully saturated rings. The van der Waals surface area contributed by atoms with E-state index in [-0.39, 0.29) is 35.0 Å². The van der Waals surface area contributed by atoms with Gasteiger partial charge in [-0.1, -0.05) is 91.0 Å². The maximum Gasteiger partial charge on any atom is 0.144 e. The maximum atomic E-state index is 14.5. The van der Waals surface area contributed by atoms with Gasteiger partial charge in [-0.25, -0.2) is 0 Å². The number of hydrogen-bond acceptors (Lipinski definition) is 4. The Bertz CT molecular complexity index is 1050. The summed E-state index contributed by atoms with van der Waals surface area (Å²) in [5, 5.41) is 14.5. The lowest BCUT2D eigenvalue weighted by molar-refractivity contribution is -0.927. The van der Waals surface area contributed by atoms with Gasteiger partial charge in [-0.2, -0.15) is 0 Å². The van der Waals surface area contributed by atoms with Gasteiger partial charge in [0, 0.05) is 12.8 Å². The topological polar surface area (TPSA) is 50.8 Å². The number of hydrogen-bond donors (Lipinski definition) is 0. The van der Waals surface area contributed by atoms with Gasteiger partial charge >= 0.3 is 0 Å². The molecule has 3 aromatic rings. The molecular weight excluding hydrogens is 438 g/mol. The van der Waals surface area contributed by atoms with Gasteiger partial charge in [-0.3, -0.25) is 0 Å². The molecule has 184 valence electrons. The first kappa shape index (κ1) is 24.2. The molecule has 0 amide bonds. The van der Waals surface area contributed by atoms with Crippen molar-refractivity contribution in [3.8, 4) is 0 Å². The molecule has 3 aromatic carbocycles. The van der Waals surface area contributed by atoms with Crippen molar-refractivity contribution in [3.63, 3.8) is 0 Å². The van der Waals surface area contributed by atoms with Crippen molar-refractivity contribution in [2.75, 3.05) is 6.61 Å². The molecule has 35 heavy (non-hydrogen) atoms. The van der Waals surface area contributed by atoms with E-state index in [0.717, 1.165) is 29.5 Å². The first-order valence-electron chi connectivity index (χ1n) is 12.7. The smallest absolute Gasteiger partial charge is 0.144 e. The van der Waals surface area contributed by atoms with Crippen LogP contribution in [0.25, 0.3) is 0 Å². The number of benzene rings is 3. The lowest BCUT2D eigenvalue weighted by Gasteiger charge is -2.48. The fourth-order valence-corrected chi connectivity index (χ4v) is 5.80. The summed E-state index contributed by atoms with van der Waals surface area (Å²) in [5.74, 6) is 0. The zero-order valence-corrected chi connectivity index (χ0v) is 20.4. The molecule has 0 N–H and O–H groups in total. The van der Waals surface area contributed by atoms with E-state index in [2.05, 4.69) is 31.2 Å². The minimum atomic E-state index is -0.333. The second-order valence-electron chi connectivity index (χ2n) is 9.85. The van der Waals surface area contributed by atoms with Crippen molar-refractivity contribution in [2.45, 2.75) is 69.9 Å². The largest absolute Gasteiger partial charge is 0.632 e. The summed E-state index contributed by atoms with van der Waals surface area (Å²) in [6, 6.07) is 29.9. The summed E-state index contributed by atoms with van der Waals surface area (Å²) in [5.41, 5.74) is 3.30. The molecular formula is C30H35NO4. The molecule has 2 heterocycles. The minimum Gasteiger partial charge on any atom is -0.632 e. The Kier molecular flexibility index (Phi) is 7.61. The summed E-state index contributed by atoms with van der Waals surface area (Å²) in [6.07, 6.45) is 1.15. The van der Waals surface area contributed by atoms with Crippen LogP contribution in [-0.2, 0) is 34.0 Å². The summed E-state index contributed by atoms with van der Waals surface area (Å²) in [4.78, 5) is 0. The third-order valence-corrected chi connectivity index (χ3v) is 7.66. The monoisotopic (exact) mass is 473 g/mol. The average Bonchev–Trinajstić information content (AvgIpc) is 3.32. The zero-order valence-electron chi connectivity index (χ0n) is 20.4. The molecule has 0 saturated carbocycles. The highest BCUT2D eigenvalue weighted by Crippen LogP contribution is 2.47. The molecule has 2 saturated heterocycles. The van der Waals surface area contributed by atoms with E-state index in [1.165, 1.54) is 0 Å². The van der Waals surface area contributed by atoms with Crippen molar-refractivity contribution in [1.29, 1.82) is 0 Å². The molecule has 0 aromatic heterocycles. The quantitative estimate of drug-likeness (QED) is 0.283. The van der Waals surface area contributed by atoms with Crippen LogP contribution in [-0.4, -0.2) is 41.6 Å². The molecule has 0 unspecified atom stereocenters. The van der Waals surface area contributed by atoms with E-state index in [1.807, 2.05) is 66.7 Å². The summed E-state index contributed by atoms with van der Waals surface area (Å²) in [7, 11) is 0. The van der Waals surface area contributed by atoms with Crippen molar-refractivity contribution < 1.29 is 18.9 Å². The van der Waals surface area contributed by atoms with E-state index < -0.39 is 0 Å². The fourth-order valence-electron chi connectivity index (χ4n) is 5.80. The molecule has 2 aliphatic rings. The van der Waals surface area contributed by atoms with Crippen LogP contribution in [0, 0.1) is 5.21 Å². The number of nitrogens with zero attached hydrogens (tertiary/aromatic N) is 1. The predicted molar refractivity (Wildman–Crippen MR) is 136 cm³/mol. The first-order chi connectivity index (χ1) is 17.2. The highest BCUT2D eigenvalue weighted by atomic mass is 16.6. The lowest BCUT2D eigenvalue weighted by Crippen LogP contribution is -2.56. The van der Waals surface area contributed by atoms with Gasteiger partial charge in [-0.05, 0) is 23.6 Å². The number of quaternary nitrogens is 1. The molecule has 6 atom stereocenters. The molecule has 0 spiro atoms. The molecule has 5 heteroatoms. The summed E-state index contributed by atoms with van der Waals surface area (Å²) >= 11 is 0. The van der Waals surface area contributed by atoms with Crippen molar-refractivity contribution in [3.05, 3.63) is 113 Å². The molecule has 0 radical (unpaired) electrons. The second-order valence-corrected chi connectivity index (χ2v) is 9.85. The third-order valence-electron chi connectivity index (χ3n) is 7.66. The van der Waals surface area contributed by atoms with Crippen molar-refractivity contribution >= 4 is 0 Å². The summed E-state index contributed by atoms with van der Waals surface area (Å²) in [6.45, 7) is 3.83. The van der Waals surface area contributed by atoms with Crippen LogP contribution in [0.4, 0.5) is 0 Å². The van der Waals surface area contributed by atoms with Crippen LogP contribution >= 0.6 is 0 Å². The van der Waals surface area contributed by atoms with E-state index in [1.54, 1.807) is 0 Å². The van der Waals surface area contributed by atoms with E-state index >= 15 is 0 Å². The van der Waals surface area contributed by atoms with E-state index in [4.69, 9.17) is 14.2 Å². The predicted octanol–water partition coefficient (Wildman–Crippen LogP) is 5.62. The third kappa shape index (κ3) is 5.20. The standard InChI is InChI=1S/C30H35NO4/c1-23-17-18-27-29(34-20-25-13-7-3-8-14-25)30(35-21-26-15-9-4-10-16-26)28(31(23,27)32)22-33-19-24-11-5-2-6-12-24/h2-16,23,27-30H,17-22H2,1H3/t23-,27+,28+,29+,30-,31-/m1/s1. The van der Waals surface area contributed by atoms with Gasteiger partial charge in [0.15, 0.2) is 0 Å². The molecule has 0 bridgehead atoms. The Morgan fingerprint density at radius 3 is 1.71 bits per heavy atom. The van der Waals surface area contributed by atoms with Gasteiger partial charge in [-0.15, -0.1) is 0 Å². The van der Waals surface area contributed by atoms with Gasteiger partial charge in [0.2, 0.25) is 0 Å². The Morgan fingerprint density at radius 1 is 0.686 bits per heavy atom. The molecule has 5 nitrogen and oxygen atoms in total. The van der Waals surface area contributed by atoms with Crippen molar-refractivity contribution in [1.82, 2.24) is 0 Å². The highest BCUT2D eigenvalue weighted by Gasteiger charge is 2.62. The Balaban J connectivity index is 1.37. The van der Waals surface area contributed by atoms with Crippen LogP contribution in [0.2, 0.25) is 0 Å². The normalized spacial score (nSPS) is 29.8. The Hall–Kier alpha value is -2.54. The van der Waals surface area contributed by atoms with Gasteiger partial charge in [0.05, 0.1) is 25.9 Å². The fraction of sp³-hybridized carbons (Fsp3) is 0.400. The van der Waals surface area contributed by atoms with Gasteiger partial charge in [0.25, 0.3) is 0 Å². The maximum absolute atomic E-state index is 14.5. The number of ether oxygens (including phenoxy) is 3. The lowest BCUT2D eigenvalue weighted by atomic mass is 10.0. The van der Waals surface area contributed by atoms with Crippen LogP contribution < -0.4 is 0 Å². The highest BCUT2D eigenvalue weighted by molar-refractivity contribution is 5.15. The minimum absolute atomic E-state index is 0.00141. The van der Waals surface area contributed by atoms with Crippen LogP contribution in [0.3, 0.4) is 0 Å². The van der Waals surface area contributed by atoms with Gasteiger partial charge < -0.3 is 24.1 Å². The average molecular weight is 474 g/mol. The molecule has 0 aliphatic carbocycles. The van der Waals surface area contributed by atoms with Crippen LogP contribution in [0.1, 0.15) is 36.5 Å². The molecule has 5 rings (SSSR count). The van der Waals surface area contributed by atoms with Crippen molar-refractivity contribution in [2.24, 2.45) is 0 Å². The number of hydroxylamine groups is 3. The zero-order chi connectivity index (χ0) is 24.1. The van der Waals surface area contributed by atoms with Crippen LogP contribution in [0.5, 0.6) is 0 Å².